The Bertz CT molecular complexity index is 1460. The molecule has 4 rings (SSSR count). The molecule has 14 heteroatoms. The quantitative estimate of drug-likeness (QED) is 0.399. The number of amides is 2. The second kappa shape index (κ2) is 13.7. The second-order valence-electron chi connectivity index (χ2n) is 11.2. The minimum Gasteiger partial charge on any atom is -0.492 e. The van der Waals surface area contributed by atoms with Gasteiger partial charge in [-0.2, -0.15) is 18.4 Å². The van der Waals surface area contributed by atoms with Gasteiger partial charge in [-0.15, -0.1) is 12.4 Å². The number of carbonyl (C=O) groups excluding carboxylic acids is 2. The summed E-state index contributed by atoms with van der Waals surface area (Å²) in [6, 6.07) is 10.4. The Balaban J connectivity index is 0.00000529. The van der Waals surface area contributed by atoms with Gasteiger partial charge in [-0.05, 0) is 81.4 Å². The van der Waals surface area contributed by atoms with Gasteiger partial charge in [0.2, 0.25) is 5.91 Å². The number of anilines is 2. The maximum absolute atomic E-state index is 13.7. The Morgan fingerprint density at radius 1 is 1.18 bits per heavy atom. The number of nitriles is 1. The van der Waals surface area contributed by atoms with Crippen molar-refractivity contribution in [3.63, 3.8) is 0 Å². The minimum atomic E-state index is -4.77. The zero-order chi connectivity index (χ0) is 31.7. The van der Waals surface area contributed by atoms with Crippen LogP contribution in [0.3, 0.4) is 0 Å². The van der Waals surface area contributed by atoms with Crippen molar-refractivity contribution in [3.05, 3.63) is 53.1 Å². The van der Waals surface area contributed by atoms with E-state index in [2.05, 4.69) is 16.7 Å². The average molecular weight is 653 g/mol. The highest BCUT2D eigenvalue weighted by Crippen LogP contribution is 2.40. The van der Waals surface area contributed by atoms with E-state index in [0.717, 1.165) is 42.2 Å². The maximum Gasteiger partial charge on any atom is 0.417 e. The van der Waals surface area contributed by atoms with Crippen LogP contribution >= 0.6 is 24.6 Å². The number of benzene rings is 2. The van der Waals surface area contributed by atoms with E-state index >= 15 is 0 Å². The molecule has 2 heterocycles. The Morgan fingerprint density at radius 2 is 1.86 bits per heavy atom. The summed E-state index contributed by atoms with van der Waals surface area (Å²) in [4.78, 5) is 31.9. The van der Waals surface area contributed by atoms with Gasteiger partial charge in [0, 0.05) is 37.9 Å². The zero-order valence-electron chi connectivity index (χ0n) is 25.0. The van der Waals surface area contributed by atoms with Crippen LogP contribution in [0.4, 0.5) is 24.5 Å². The molecule has 0 unspecified atom stereocenters. The van der Waals surface area contributed by atoms with Crippen LogP contribution in [-0.4, -0.2) is 77.6 Å². The van der Waals surface area contributed by atoms with E-state index < -0.39 is 28.7 Å². The van der Waals surface area contributed by atoms with Gasteiger partial charge in [0.05, 0.1) is 29.4 Å². The fraction of sp³-hybridized carbons (Fsp3) is 0.467. The van der Waals surface area contributed by atoms with Gasteiger partial charge >= 0.3 is 6.18 Å². The van der Waals surface area contributed by atoms with Crippen molar-refractivity contribution < 1.29 is 27.5 Å². The molecule has 2 fully saturated rings. The number of aryl methyl sites for hydroxylation is 1. The molecule has 1 atom stereocenters. The lowest BCUT2D eigenvalue weighted by Gasteiger charge is -2.39. The predicted molar refractivity (Wildman–Crippen MR) is 168 cm³/mol. The Morgan fingerprint density at radius 3 is 2.45 bits per heavy atom. The molecular weight excluding hydrogens is 617 g/mol. The SMILES string of the molecule is CCc1cc(N2C(=S)N(c3ccc(C#N)c(C(F)(F)F)c3)C(=O)C2(C)C)ccc1OCCN1CCN(CC(N)=O)[C@H](C)C1.Cl. The first-order valence-corrected chi connectivity index (χ1v) is 14.4. The first-order chi connectivity index (χ1) is 20.2. The lowest BCUT2D eigenvalue weighted by molar-refractivity contribution is -0.137. The molecule has 0 saturated carbocycles. The molecule has 2 amide bonds. The molecule has 2 aliphatic rings. The van der Waals surface area contributed by atoms with Crippen molar-refractivity contribution in [2.45, 2.75) is 51.9 Å². The van der Waals surface area contributed by atoms with Crippen LogP contribution in [0, 0.1) is 11.3 Å². The van der Waals surface area contributed by atoms with Gasteiger partial charge in [-0.1, -0.05) is 6.92 Å². The van der Waals surface area contributed by atoms with E-state index in [4.69, 9.17) is 28.0 Å². The van der Waals surface area contributed by atoms with E-state index in [-0.39, 0.29) is 41.7 Å². The second-order valence-corrected chi connectivity index (χ2v) is 11.6. The monoisotopic (exact) mass is 652 g/mol. The Labute approximate surface area is 266 Å². The number of nitrogens with zero attached hydrogens (tertiary/aromatic N) is 5. The highest BCUT2D eigenvalue weighted by atomic mass is 35.5. The van der Waals surface area contributed by atoms with E-state index in [0.29, 0.717) is 31.0 Å². The first-order valence-electron chi connectivity index (χ1n) is 14.0. The molecule has 2 saturated heterocycles. The molecule has 44 heavy (non-hydrogen) atoms. The Hall–Kier alpha value is -3.44. The van der Waals surface area contributed by atoms with Crippen LogP contribution in [0.15, 0.2) is 36.4 Å². The molecule has 9 nitrogen and oxygen atoms in total. The lowest BCUT2D eigenvalue weighted by Crippen LogP contribution is -2.54. The molecular formula is C30H36ClF3N6O3S. The summed E-state index contributed by atoms with van der Waals surface area (Å²) in [5.41, 5.74) is 3.93. The summed E-state index contributed by atoms with van der Waals surface area (Å²) < 4.78 is 47.1. The number of thiocarbonyl (C=S) groups is 1. The summed E-state index contributed by atoms with van der Waals surface area (Å²) in [7, 11) is 0. The molecule has 2 aromatic rings. The van der Waals surface area contributed by atoms with Gasteiger partial charge in [-0.25, -0.2) is 0 Å². The third-order valence-corrected chi connectivity index (χ3v) is 8.28. The highest BCUT2D eigenvalue weighted by molar-refractivity contribution is 7.81. The molecule has 0 aromatic heterocycles. The van der Waals surface area contributed by atoms with Gasteiger partial charge in [0.15, 0.2) is 5.11 Å². The van der Waals surface area contributed by atoms with Gasteiger partial charge in [0.1, 0.15) is 17.9 Å². The fourth-order valence-electron chi connectivity index (χ4n) is 5.58. The topological polar surface area (TPSA) is 106 Å². The average Bonchev–Trinajstić information content (AvgIpc) is 3.12. The number of ether oxygens (including phenoxy) is 1. The summed E-state index contributed by atoms with van der Waals surface area (Å²) in [6.45, 7) is 11.1. The molecule has 0 radical (unpaired) electrons. The third kappa shape index (κ3) is 7.10. The number of rotatable bonds is 9. The van der Waals surface area contributed by atoms with Gasteiger partial charge in [0.25, 0.3) is 5.91 Å². The normalized spacial score (nSPS) is 19.1. The van der Waals surface area contributed by atoms with E-state index in [1.54, 1.807) is 30.9 Å². The number of primary amides is 1. The number of hydrogen-bond acceptors (Lipinski definition) is 7. The van der Waals surface area contributed by atoms with Crippen LogP contribution in [0.5, 0.6) is 5.75 Å². The number of halogens is 4. The smallest absolute Gasteiger partial charge is 0.417 e. The van der Waals surface area contributed by atoms with Crippen LogP contribution in [0.1, 0.15) is 44.4 Å². The number of alkyl halides is 3. The molecule has 2 aliphatic heterocycles. The summed E-state index contributed by atoms with van der Waals surface area (Å²) in [6.07, 6.45) is -4.14. The van der Waals surface area contributed by atoms with Crippen molar-refractivity contribution in [1.29, 1.82) is 5.26 Å². The van der Waals surface area contributed by atoms with Crippen molar-refractivity contribution in [1.82, 2.24) is 9.80 Å². The van der Waals surface area contributed by atoms with Crippen molar-refractivity contribution >= 4 is 52.9 Å². The summed E-state index contributed by atoms with van der Waals surface area (Å²) >= 11 is 5.66. The number of carbonyl (C=O) groups is 2. The molecule has 0 spiro atoms. The van der Waals surface area contributed by atoms with Crippen LogP contribution in [0.2, 0.25) is 0 Å². The molecule has 0 aliphatic carbocycles. The van der Waals surface area contributed by atoms with Crippen molar-refractivity contribution in [2.75, 3.05) is 49.1 Å². The number of nitrogens with two attached hydrogens (primary N) is 1. The van der Waals surface area contributed by atoms with E-state index in [1.807, 2.05) is 19.1 Å². The molecule has 2 N–H and O–H groups in total. The van der Waals surface area contributed by atoms with Gasteiger partial charge in [-0.3, -0.25) is 24.3 Å². The first kappa shape index (κ1) is 35.0. The lowest BCUT2D eigenvalue weighted by atomic mass is 10.0. The standard InChI is InChI=1S/C30H35F3N6O3S.ClH/c1-5-20-14-23(8-9-25(20)42-13-12-36-10-11-37(18-26(35)40)19(2)17-36)39-28(43)38(27(41)29(39,3)4)22-7-6-21(16-34)24(15-22)30(31,32)33;/h6-9,14-15,19H,5,10-13,17-18H2,1-4H3,(H2,35,40);1H/t19-;/m1./s1. The van der Waals surface area contributed by atoms with Crippen LogP contribution < -0.4 is 20.3 Å². The molecule has 2 aromatic carbocycles. The van der Waals surface area contributed by atoms with Crippen LogP contribution in [0.25, 0.3) is 0 Å². The third-order valence-electron chi connectivity index (χ3n) is 7.91. The highest BCUT2D eigenvalue weighted by Gasteiger charge is 2.50. The van der Waals surface area contributed by atoms with Crippen molar-refractivity contribution in [2.24, 2.45) is 5.73 Å². The molecule has 0 bridgehead atoms. The molecule has 238 valence electrons. The number of piperazine rings is 1. The maximum atomic E-state index is 13.7. The predicted octanol–water partition coefficient (Wildman–Crippen LogP) is 4.35. The summed E-state index contributed by atoms with van der Waals surface area (Å²) in [5.74, 6) is -0.127. The minimum absolute atomic E-state index is 0. The van der Waals surface area contributed by atoms with Crippen LogP contribution in [-0.2, 0) is 22.2 Å². The van der Waals surface area contributed by atoms with E-state index in [9.17, 15) is 22.8 Å². The van der Waals surface area contributed by atoms with Crippen molar-refractivity contribution in [3.8, 4) is 11.8 Å². The van der Waals surface area contributed by atoms with E-state index in [1.165, 1.54) is 6.07 Å². The summed E-state index contributed by atoms with van der Waals surface area (Å²) in [5, 5.41) is 9.20. The van der Waals surface area contributed by atoms with Gasteiger partial charge < -0.3 is 15.4 Å². The fourth-order valence-corrected chi connectivity index (χ4v) is 6.10. The number of hydrogen-bond donors (Lipinski definition) is 1. The zero-order valence-corrected chi connectivity index (χ0v) is 26.6. The Kier molecular flexibility index (Phi) is 10.9. The largest absolute Gasteiger partial charge is 0.492 e.